The van der Waals surface area contributed by atoms with Gasteiger partial charge in [-0.15, -0.1) is 0 Å². The summed E-state index contributed by atoms with van der Waals surface area (Å²) in [5.74, 6) is 1.32. The van der Waals surface area contributed by atoms with Gasteiger partial charge in [0, 0.05) is 6.04 Å². The molecule has 0 aliphatic heterocycles. The number of hydrogen-bond acceptors (Lipinski definition) is 3. The second-order valence-corrected chi connectivity index (χ2v) is 4.68. The van der Waals surface area contributed by atoms with E-state index in [9.17, 15) is 0 Å². The lowest BCUT2D eigenvalue weighted by Crippen LogP contribution is -2.21. The van der Waals surface area contributed by atoms with Crippen LogP contribution >= 0.6 is 0 Å². The van der Waals surface area contributed by atoms with E-state index in [0.717, 1.165) is 28.8 Å². The highest BCUT2D eigenvalue weighted by Crippen LogP contribution is 2.24. The summed E-state index contributed by atoms with van der Waals surface area (Å²) in [5.41, 5.74) is 15.0. The fourth-order valence-electron chi connectivity index (χ4n) is 2.13. The summed E-state index contributed by atoms with van der Waals surface area (Å²) in [5, 5.41) is 0. The maximum absolute atomic E-state index is 6.23. The van der Waals surface area contributed by atoms with Crippen molar-refractivity contribution in [2.75, 3.05) is 6.54 Å². The number of nitrogens with one attached hydrogen (secondary N) is 1. The Balaban J connectivity index is 2.28. The van der Waals surface area contributed by atoms with Crippen molar-refractivity contribution in [1.29, 1.82) is 0 Å². The van der Waals surface area contributed by atoms with E-state index in [1.807, 2.05) is 13.0 Å². The summed E-state index contributed by atoms with van der Waals surface area (Å²) >= 11 is 0. The topological polar surface area (TPSA) is 80.7 Å². The zero-order chi connectivity index (χ0) is 12.4. The Labute approximate surface area is 101 Å². The average molecular weight is 232 g/mol. The average Bonchev–Trinajstić information content (AvgIpc) is 2.67. The van der Waals surface area contributed by atoms with E-state index in [-0.39, 0.29) is 6.04 Å². The van der Waals surface area contributed by atoms with Gasteiger partial charge in [-0.25, -0.2) is 4.98 Å². The fourth-order valence-corrected chi connectivity index (χ4v) is 2.13. The Kier molecular flexibility index (Phi) is 3.45. The highest BCUT2D eigenvalue weighted by Gasteiger charge is 2.14. The van der Waals surface area contributed by atoms with Crippen molar-refractivity contribution < 1.29 is 0 Å². The minimum absolute atomic E-state index is 0.0338. The van der Waals surface area contributed by atoms with E-state index >= 15 is 0 Å². The Morgan fingerprint density at radius 3 is 2.88 bits per heavy atom. The van der Waals surface area contributed by atoms with Crippen LogP contribution in [-0.4, -0.2) is 16.5 Å². The molecule has 0 saturated heterocycles. The summed E-state index contributed by atoms with van der Waals surface area (Å²) in [4.78, 5) is 7.61. The number of nitrogens with two attached hydrogens (primary N) is 2. The molecule has 92 valence electrons. The van der Waals surface area contributed by atoms with Crippen LogP contribution in [0.1, 0.15) is 30.8 Å². The highest BCUT2D eigenvalue weighted by molar-refractivity contribution is 5.75. The smallest absolute Gasteiger partial charge is 0.104 e. The van der Waals surface area contributed by atoms with Crippen LogP contribution in [0.2, 0.25) is 0 Å². The SMILES string of the molecule is Cc1nc2ccc(C(N)C(C)CCN)cc2[nH]1. The molecular formula is C13H20N4. The van der Waals surface area contributed by atoms with Gasteiger partial charge in [-0.1, -0.05) is 13.0 Å². The van der Waals surface area contributed by atoms with Gasteiger partial charge >= 0.3 is 0 Å². The van der Waals surface area contributed by atoms with Gasteiger partial charge in [0.2, 0.25) is 0 Å². The quantitative estimate of drug-likeness (QED) is 0.752. The molecule has 5 N–H and O–H groups in total. The summed E-state index contributed by atoms with van der Waals surface area (Å²) in [6.45, 7) is 4.77. The third-order valence-electron chi connectivity index (χ3n) is 3.24. The molecule has 2 atom stereocenters. The van der Waals surface area contributed by atoms with Crippen LogP contribution in [0.15, 0.2) is 18.2 Å². The molecule has 1 aromatic carbocycles. The number of rotatable bonds is 4. The summed E-state index contributed by atoms with van der Waals surface area (Å²) in [6.07, 6.45) is 0.946. The third kappa shape index (κ3) is 2.48. The van der Waals surface area contributed by atoms with E-state index < -0.39 is 0 Å². The molecule has 0 aliphatic carbocycles. The van der Waals surface area contributed by atoms with Gasteiger partial charge in [0.05, 0.1) is 11.0 Å². The largest absolute Gasteiger partial charge is 0.342 e. The summed E-state index contributed by atoms with van der Waals surface area (Å²) in [6, 6.07) is 6.20. The third-order valence-corrected chi connectivity index (χ3v) is 3.24. The van der Waals surface area contributed by atoms with Crippen molar-refractivity contribution >= 4 is 11.0 Å². The Morgan fingerprint density at radius 1 is 1.41 bits per heavy atom. The normalized spacial score (nSPS) is 15.1. The van der Waals surface area contributed by atoms with E-state index in [0.29, 0.717) is 12.5 Å². The van der Waals surface area contributed by atoms with E-state index in [1.54, 1.807) is 0 Å². The van der Waals surface area contributed by atoms with Crippen LogP contribution < -0.4 is 11.5 Å². The van der Waals surface area contributed by atoms with E-state index in [1.165, 1.54) is 0 Å². The molecule has 0 radical (unpaired) electrons. The fraction of sp³-hybridized carbons (Fsp3) is 0.462. The molecule has 0 amide bonds. The molecule has 2 rings (SSSR count). The number of hydrogen-bond donors (Lipinski definition) is 3. The minimum Gasteiger partial charge on any atom is -0.342 e. The number of aryl methyl sites for hydroxylation is 1. The summed E-state index contributed by atoms with van der Waals surface area (Å²) < 4.78 is 0. The second-order valence-electron chi connectivity index (χ2n) is 4.68. The highest BCUT2D eigenvalue weighted by atomic mass is 14.9. The molecule has 17 heavy (non-hydrogen) atoms. The molecule has 0 bridgehead atoms. The van der Waals surface area contributed by atoms with Crippen LogP contribution in [-0.2, 0) is 0 Å². The van der Waals surface area contributed by atoms with Crippen LogP contribution in [0.4, 0.5) is 0 Å². The number of nitrogens with zero attached hydrogens (tertiary/aromatic N) is 1. The standard InChI is InChI=1S/C13H20N4/c1-8(5-6-14)13(15)10-3-4-11-12(7-10)17-9(2)16-11/h3-4,7-8,13H,5-6,14-15H2,1-2H3,(H,16,17). The molecule has 0 saturated carbocycles. The van der Waals surface area contributed by atoms with E-state index in [4.69, 9.17) is 11.5 Å². The van der Waals surface area contributed by atoms with Crippen molar-refractivity contribution in [1.82, 2.24) is 9.97 Å². The monoisotopic (exact) mass is 232 g/mol. The van der Waals surface area contributed by atoms with Gasteiger partial charge in [0.1, 0.15) is 5.82 Å². The van der Waals surface area contributed by atoms with E-state index in [2.05, 4.69) is 29.0 Å². The zero-order valence-corrected chi connectivity index (χ0v) is 10.4. The maximum Gasteiger partial charge on any atom is 0.104 e. The number of imidazole rings is 1. The Morgan fingerprint density at radius 2 is 2.18 bits per heavy atom. The van der Waals surface area contributed by atoms with Crippen LogP contribution in [0.25, 0.3) is 11.0 Å². The lowest BCUT2D eigenvalue weighted by atomic mass is 9.92. The van der Waals surface area contributed by atoms with Crippen molar-refractivity contribution in [3.63, 3.8) is 0 Å². The van der Waals surface area contributed by atoms with Crippen molar-refractivity contribution in [3.05, 3.63) is 29.6 Å². The molecule has 0 spiro atoms. The number of fused-ring (bicyclic) bond motifs is 1. The molecule has 4 nitrogen and oxygen atoms in total. The predicted octanol–water partition coefficient (Wildman–Crippen LogP) is 1.86. The maximum atomic E-state index is 6.23. The molecular weight excluding hydrogens is 212 g/mol. The summed E-state index contributed by atoms with van der Waals surface area (Å²) in [7, 11) is 0. The molecule has 2 unspecified atom stereocenters. The van der Waals surface area contributed by atoms with Gasteiger partial charge in [0.25, 0.3) is 0 Å². The zero-order valence-electron chi connectivity index (χ0n) is 10.4. The molecule has 4 heteroatoms. The van der Waals surface area contributed by atoms with Gasteiger partial charge in [0.15, 0.2) is 0 Å². The predicted molar refractivity (Wildman–Crippen MR) is 70.6 cm³/mol. The Bertz CT molecular complexity index is 503. The minimum atomic E-state index is 0.0338. The van der Waals surface area contributed by atoms with Crippen molar-refractivity contribution in [2.24, 2.45) is 17.4 Å². The number of aromatic nitrogens is 2. The first-order valence-corrected chi connectivity index (χ1v) is 6.03. The van der Waals surface area contributed by atoms with Gasteiger partial charge in [-0.3, -0.25) is 0 Å². The molecule has 2 aromatic rings. The van der Waals surface area contributed by atoms with Crippen molar-refractivity contribution in [3.8, 4) is 0 Å². The number of benzene rings is 1. The molecule has 0 aliphatic rings. The first-order valence-electron chi connectivity index (χ1n) is 6.03. The molecule has 0 fully saturated rings. The lowest BCUT2D eigenvalue weighted by molar-refractivity contribution is 0.444. The number of H-pyrrole nitrogens is 1. The number of aromatic amines is 1. The van der Waals surface area contributed by atoms with Gasteiger partial charge < -0.3 is 16.5 Å². The Hall–Kier alpha value is -1.39. The molecule has 1 aromatic heterocycles. The van der Waals surface area contributed by atoms with Crippen LogP contribution in [0.5, 0.6) is 0 Å². The molecule has 1 heterocycles. The second kappa shape index (κ2) is 4.85. The van der Waals surface area contributed by atoms with Crippen molar-refractivity contribution in [2.45, 2.75) is 26.3 Å². The van der Waals surface area contributed by atoms with Gasteiger partial charge in [-0.2, -0.15) is 0 Å². The first-order chi connectivity index (χ1) is 8.11. The van der Waals surface area contributed by atoms with Crippen LogP contribution in [0, 0.1) is 12.8 Å². The lowest BCUT2D eigenvalue weighted by Gasteiger charge is -2.19. The van der Waals surface area contributed by atoms with Gasteiger partial charge in [-0.05, 0) is 43.5 Å². The first kappa shape index (κ1) is 12.1. The van der Waals surface area contributed by atoms with Crippen LogP contribution in [0.3, 0.4) is 0 Å².